The van der Waals surface area contributed by atoms with Crippen LogP contribution in [0.2, 0.25) is 0 Å². The van der Waals surface area contributed by atoms with Gasteiger partial charge >= 0.3 is 0 Å². The minimum Gasteiger partial charge on any atom is -0.505 e. The zero-order valence-electron chi connectivity index (χ0n) is 15.9. The molecule has 1 fully saturated rings. The van der Waals surface area contributed by atoms with E-state index in [9.17, 15) is 14.3 Å². The molecule has 0 radical (unpaired) electrons. The lowest BCUT2D eigenvalue weighted by molar-refractivity contribution is 0.0664. The number of hydrogen-bond acceptors (Lipinski definition) is 3. The summed E-state index contributed by atoms with van der Waals surface area (Å²) in [6, 6.07) is 12.0. The molecule has 0 heterocycles. The highest BCUT2D eigenvalue weighted by atomic mass is 31.0. The Bertz CT molecular complexity index is 789. The lowest BCUT2D eigenvalue weighted by Gasteiger charge is -2.28. The number of carbonyl (C=O) groups is 1. The SMILES string of the molecule is O=C(NCC1CCC(COCc2ccc(P)cc2)CC1)c1ccc(O)c(F)c1. The van der Waals surface area contributed by atoms with Crippen molar-refractivity contribution in [3.05, 3.63) is 59.4 Å². The van der Waals surface area contributed by atoms with Crippen molar-refractivity contribution in [2.24, 2.45) is 11.8 Å². The monoisotopic (exact) mass is 403 g/mol. The van der Waals surface area contributed by atoms with Crippen LogP contribution >= 0.6 is 9.24 Å². The van der Waals surface area contributed by atoms with E-state index >= 15 is 0 Å². The Morgan fingerprint density at radius 1 is 1.11 bits per heavy atom. The van der Waals surface area contributed by atoms with E-state index in [0.29, 0.717) is 25.0 Å². The van der Waals surface area contributed by atoms with Gasteiger partial charge in [-0.15, -0.1) is 9.24 Å². The van der Waals surface area contributed by atoms with E-state index in [0.717, 1.165) is 38.4 Å². The first-order chi connectivity index (χ1) is 13.5. The third kappa shape index (κ3) is 6.02. The molecule has 150 valence electrons. The summed E-state index contributed by atoms with van der Waals surface area (Å²) in [7, 11) is 2.68. The molecule has 1 aliphatic rings. The Hall–Kier alpha value is -1.97. The molecule has 1 amide bonds. The number of rotatable bonds is 7. The van der Waals surface area contributed by atoms with Gasteiger partial charge in [0.2, 0.25) is 0 Å². The van der Waals surface area contributed by atoms with Crippen molar-refractivity contribution < 1.29 is 19.0 Å². The predicted octanol–water partition coefficient (Wildman–Crippen LogP) is 3.78. The minimum absolute atomic E-state index is 0.229. The first-order valence-corrected chi connectivity index (χ1v) is 10.3. The number of halogens is 1. The van der Waals surface area contributed by atoms with Crippen LogP contribution in [0.3, 0.4) is 0 Å². The quantitative estimate of drug-likeness (QED) is 0.692. The Morgan fingerprint density at radius 2 is 1.79 bits per heavy atom. The van der Waals surface area contributed by atoms with Crippen molar-refractivity contribution in [1.82, 2.24) is 5.32 Å². The molecule has 2 aromatic carbocycles. The van der Waals surface area contributed by atoms with E-state index in [1.54, 1.807) is 0 Å². The average molecular weight is 403 g/mol. The fraction of sp³-hybridized carbons (Fsp3) is 0.409. The van der Waals surface area contributed by atoms with Gasteiger partial charge in [0.15, 0.2) is 11.6 Å². The molecule has 1 saturated carbocycles. The van der Waals surface area contributed by atoms with Gasteiger partial charge in [0.25, 0.3) is 5.91 Å². The van der Waals surface area contributed by atoms with Crippen molar-refractivity contribution in [3.8, 4) is 5.75 Å². The average Bonchev–Trinajstić information content (AvgIpc) is 2.70. The molecule has 1 atom stereocenters. The maximum atomic E-state index is 13.4. The fourth-order valence-electron chi connectivity index (χ4n) is 3.55. The molecule has 0 aromatic heterocycles. The number of phenolic OH excluding ortho intramolecular Hbond substituents is 1. The van der Waals surface area contributed by atoms with E-state index in [-0.39, 0.29) is 11.5 Å². The number of amides is 1. The number of phenols is 1. The zero-order chi connectivity index (χ0) is 19.9. The molecule has 6 heteroatoms. The van der Waals surface area contributed by atoms with Gasteiger partial charge in [0, 0.05) is 18.7 Å². The van der Waals surface area contributed by atoms with Gasteiger partial charge in [0.05, 0.1) is 6.61 Å². The molecule has 0 aliphatic heterocycles. The summed E-state index contributed by atoms with van der Waals surface area (Å²) in [6.07, 6.45) is 4.30. The summed E-state index contributed by atoms with van der Waals surface area (Å²) in [5.41, 5.74) is 1.42. The first kappa shape index (κ1) is 20.8. The Kier molecular flexibility index (Phi) is 7.41. The van der Waals surface area contributed by atoms with Crippen LogP contribution in [0.1, 0.15) is 41.6 Å². The summed E-state index contributed by atoms with van der Waals surface area (Å²) in [5.74, 6) is -0.520. The van der Waals surface area contributed by atoms with Crippen LogP contribution in [0.5, 0.6) is 5.75 Å². The molecule has 0 spiro atoms. The summed E-state index contributed by atoms with van der Waals surface area (Å²) in [4.78, 5) is 12.1. The highest BCUT2D eigenvalue weighted by Gasteiger charge is 2.22. The second kappa shape index (κ2) is 9.99. The smallest absolute Gasteiger partial charge is 0.251 e. The lowest BCUT2D eigenvalue weighted by Crippen LogP contribution is -2.31. The van der Waals surface area contributed by atoms with Crippen molar-refractivity contribution >= 4 is 20.5 Å². The molecular weight excluding hydrogens is 376 g/mol. The van der Waals surface area contributed by atoms with Gasteiger partial charge in [0.1, 0.15) is 0 Å². The highest BCUT2D eigenvalue weighted by molar-refractivity contribution is 7.27. The lowest BCUT2D eigenvalue weighted by atomic mass is 9.82. The highest BCUT2D eigenvalue weighted by Crippen LogP contribution is 2.29. The molecule has 0 bridgehead atoms. The summed E-state index contributed by atoms with van der Waals surface area (Å²) in [6.45, 7) is 2.01. The maximum absolute atomic E-state index is 13.4. The van der Waals surface area contributed by atoms with Crippen LogP contribution in [0, 0.1) is 17.7 Å². The fourth-order valence-corrected chi connectivity index (χ4v) is 3.74. The van der Waals surface area contributed by atoms with E-state index in [2.05, 4.69) is 38.8 Å². The number of nitrogens with one attached hydrogen (secondary N) is 1. The first-order valence-electron chi connectivity index (χ1n) is 9.70. The minimum atomic E-state index is -0.780. The second-order valence-electron chi connectivity index (χ2n) is 7.52. The van der Waals surface area contributed by atoms with Crippen LogP contribution < -0.4 is 10.6 Å². The number of hydrogen-bond donors (Lipinski definition) is 2. The zero-order valence-corrected chi connectivity index (χ0v) is 17.0. The van der Waals surface area contributed by atoms with Gasteiger partial charge in [-0.3, -0.25) is 4.79 Å². The second-order valence-corrected chi connectivity index (χ2v) is 8.19. The Balaban J connectivity index is 1.34. The summed E-state index contributed by atoms with van der Waals surface area (Å²) < 4.78 is 19.2. The molecule has 1 unspecified atom stereocenters. The van der Waals surface area contributed by atoms with Crippen molar-refractivity contribution in [1.29, 1.82) is 0 Å². The van der Waals surface area contributed by atoms with Crippen LogP contribution in [-0.2, 0) is 11.3 Å². The third-order valence-electron chi connectivity index (χ3n) is 5.33. The number of ether oxygens (including phenoxy) is 1. The molecule has 1 aliphatic carbocycles. The van der Waals surface area contributed by atoms with E-state index in [4.69, 9.17) is 4.74 Å². The largest absolute Gasteiger partial charge is 0.505 e. The molecule has 4 nitrogen and oxygen atoms in total. The topological polar surface area (TPSA) is 58.6 Å². The predicted molar refractivity (Wildman–Crippen MR) is 111 cm³/mol. The molecule has 28 heavy (non-hydrogen) atoms. The van der Waals surface area contributed by atoms with Gasteiger partial charge in [-0.1, -0.05) is 24.3 Å². The molecule has 2 aromatic rings. The van der Waals surface area contributed by atoms with Crippen LogP contribution in [0.25, 0.3) is 0 Å². The molecule has 0 saturated heterocycles. The molecule has 2 N–H and O–H groups in total. The Labute approximate surface area is 167 Å². The number of aromatic hydroxyl groups is 1. The van der Waals surface area contributed by atoms with Crippen LogP contribution in [-0.4, -0.2) is 24.2 Å². The summed E-state index contributed by atoms with van der Waals surface area (Å²) in [5, 5.41) is 13.3. The Morgan fingerprint density at radius 3 is 2.46 bits per heavy atom. The van der Waals surface area contributed by atoms with Gasteiger partial charge < -0.3 is 15.2 Å². The van der Waals surface area contributed by atoms with E-state index < -0.39 is 11.6 Å². The van der Waals surface area contributed by atoms with E-state index in [1.807, 2.05) is 0 Å². The van der Waals surface area contributed by atoms with Crippen molar-refractivity contribution in [2.45, 2.75) is 32.3 Å². The molecule has 3 rings (SSSR count). The van der Waals surface area contributed by atoms with E-state index in [1.165, 1.54) is 23.0 Å². The van der Waals surface area contributed by atoms with Crippen molar-refractivity contribution in [3.63, 3.8) is 0 Å². The van der Waals surface area contributed by atoms with Gasteiger partial charge in [-0.2, -0.15) is 0 Å². The summed E-state index contributed by atoms with van der Waals surface area (Å²) >= 11 is 0. The number of carbonyl (C=O) groups excluding carboxylic acids is 1. The normalized spacial score (nSPS) is 19.4. The van der Waals surface area contributed by atoms with Crippen LogP contribution in [0.15, 0.2) is 42.5 Å². The van der Waals surface area contributed by atoms with Crippen molar-refractivity contribution in [2.75, 3.05) is 13.2 Å². The standard InChI is InChI=1S/C22H27FNO3P/c23-20-11-18(7-10-21(20)25)22(26)24-12-15-1-3-16(4-2-15)13-27-14-17-5-8-19(28)9-6-17/h5-11,15-16,25H,1-4,12-14,28H2,(H,24,26). The van der Waals surface area contributed by atoms with Crippen LogP contribution in [0.4, 0.5) is 4.39 Å². The third-order valence-corrected chi connectivity index (χ3v) is 5.71. The van der Waals surface area contributed by atoms with Gasteiger partial charge in [-0.05, 0) is 66.6 Å². The molecular formula is C22H27FNO3P. The van der Waals surface area contributed by atoms with Gasteiger partial charge in [-0.25, -0.2) is 4.39 Å². The number of benzene rings is 2. The maximum Gasteiger partial charge on any atom is 0.251 e.